The number of rotatable bonds is 8. The predicted octanol–water partition coefficient (Wildman–Crippen LogP) is 0.824. The highest BCUT2D eigenvalue weighted by molar-refractivity contribution is 4.53. The summed E-state index contributed by atoms with van der Waals surface area (Å²) in [6, 6.07) is 0. The lowest BCUT2D eigenvalue weighted by Gasteiger charge is -2.17. The van der Waals surface area contributed by atoms with Gasteiger partial charge in [-0.3, -0.25) is 0 Å². The highest BCUT2D eigenvalue weighted by Gasteiger charge is 2.07. The van der Waals surface area contributed by atoms with E-state index >= 15 is 0 Å². The monoisotopic (exact) mass is 206 g/mol. The summed E-state index contributed by atoms with van der Waals surface area (Å²) in [7, 11) is 1.65. The minimum atomic E-state index is -0.422. The van der Waals surface area contributed by atoms with Gasteiger partial charge in [0.15, 0.2) is 0 Å². The lowest BCUT2D eigenvalue weighted by molar-refractivity contribution is -0.0657. The number of hydrogen-bond donors (Lipinski definition) is 1. The molecule has 0 saturated heterocycles. The van der Waals surface area contributed by atoms with Crippen LogP contribution in [0.4, 0.5) is 0 Å². The smallest absolute Gasteiger partial charge is 0.0781 e. The maximum absolute atomic E-state index is 8.98. The molecule has 0 amide bonds. The first-order chi connectivity index (χ1) is 6.56. The number of ether oxygens (including phenoxy) is 3. The molecule has 3 atom stereocenters. The molecule has 4 heteroatoms. The van der Waals surface area contributed by atoms with Crippen LogP contribution in [0.1, 0.15) is 20.8 Å². The first-order valence-electron chi connectivity index (χ1n) is 4.96. The minimum absolute atomic E-state index is 0.00362. The molecule has 14 heavy (non-hydrogen) atoms. The fourth-order valence-corrected chi connectivity index (χ4v) is 0.934. The van der Waals surface area contributed by atoms with Crippen molar-refractivity contribution in [2.24, 2.45) is 0 Å². The molecule has 0 aliphatic carbocycles. The van der Waals surface area contributed by atoms with E-state index in [1.54, 1.807) is 14.0 Å². The van der Waals surface area contributed by atoms with E-state index in [9.17, 15) is 0 Å². The van der Waals surface area contributed by atoms with Crippen LogP contribution < -0.4 is 0 Å². The fourth-order valence-electron chi connectivity index (χ4n) is 0.934. The Labute approximate surface area is 86.2 Å². The third kappa shape index (κ3) is 8.44. The van der Waals surface area contributed by atoms with E-state index in [2.05, 4.69) is 0 Å². The summed E-state index contributed by atoms with van der Waals surface area (Å²) in [5.74, 6) is 0. The van der Waals surface area contributed by atoms with Crippen molar-refractivity contribution in [1.29, 1.82) is 0 Å². The zero-order chi connectivity index (χ0) is 11.0. The summed E-state index contributed by atoms with van der Waals surface area (Å²) in [6.45, 7) is 7.03. The summed E-state index contributed by atoms with van der Waals surface area (Å²) in [4.78, 5) is 0. The molecule has 0 spiro atoms. The number of methoxy groups -OCH3 is 1. The number of aliphatic hydroxyl groups excluding tert-OH is 1. The molecule has 0 heterocycles. The van der Waals surface area contributed by atoms with Gasteiger partial charge in [0.05, 0.1) is 38.1 Å². The minimum Gasteiger partial charge on any atom is -0.391 e. The van der Waals surface area contributed by atoms with Gasteiger partial charge in [-0.05, 0) is 20.8 Å². The van der Waals surface area contributed by atoms with Gasteiger partial charge < -0.3 is 19.3 Å². The third-order valence-corrected chi connectivity index (χ3v) is 1.64. The van der Waals surface area contributed by atoms with Crippen molar-refractivity contribution in [2.75, 3.05) is 26.9 Å². The van der Waals surface area contributed by atoms with Crippen molar-refractivity contribution in [1.82, 2.24) is 0 Å². The quantitative estimate of drug-likeness (QED) is 0.639. The molecule has 0 aromatic heterocycles. The molecule has 0 aromatic rings. The summed E-state index contributed by atoms with van der Waals surface area (Å²) in [5.41, 5.74) is 0. The van der Waals surface area contributed by atoms with E-state index in [1.807, 2.05) is 13.8 Å². The van der Waals surface area contributed by atoms with Crippen molar-refractivity contribution in [3.8, 4) is 0 Å². The van der Waals surface area contributed by atoms with E-state index in [0.29, 0.717) is 19.8 Å². The molecular formula is C10H22O4. The summed E-state index contributed by atoms with van der Waals surface area (Å²) < 4.78 is 15.7. The normalized spacial score (nSPS) is 17.8. The standard InChI is InChI=1S/C10H22O4/c1-8(11)5-13-10(3)7-14-9(2)6-12-4/h8-11H,5-7H2,1-4H3/t8-,9+,10-/m0/s1. The Morgan fingerprint density at radius 1 is 0.929 bits per heavy atom. The van der Waals surface area contributed by atoms with Crippen LogP contribution in [-0.2, 0) is 14.2 Å². The molecule has 0 bridgehead atoms. The maximum atomic E-state index is 8.98. The van der Waals surface area contributed by atoms with Gasteiger partial charge >= 0.3 is 0 Å². The Hall–Kier alpha value is -0.160. The van der Waals surface area contributed by atoms with Crippen molar-refractivity contribution in [3.63, 3.8) is 0 Å². The van der Waals surface area contributed by atoms with Crippen LogP contribution in [0.2, 0.25) is 0 Å². The lowest BCUT2D eigenvalue weighted by atomic mass is 10.4. The fraction of sp³-hybridized carbons (Fsp3) is 1.00. The Bertz CT molecular complexity index is 127. The molecule has 0 radical (unpaired) electrons. The van der Waals surface area contributed by atoms with Crippen molar-refractivity contribution in [3.05, 3.63) is 0 Å². The molecule has 4 nitrogen and oxygen atoms in total. The zero-order valence-corrected chi connectivity index (χ0v) is 9.53. The Balaban J connectivity index is 3.38. The van der Waals surface area contributed by atoms with Gasteiger partial charge in [0, 0.05) is 7.11 Å². The molecule has 1 N–H and O–H groups in total. The SMILES string of the molecule is COC[C@@H](C)OC[C@H](C)OC[C@H](C)O. The second-order valence-electron chi connectivity index (χ2n) is 3.59. The van der Waals surface area contributed by atoms with E-state index < -0.39 is 6.10 Å². The van der Waals surface area contributed by atoms with Crippen molar-refractivity contribution >= 4 is 0 Å². The van der Waals surface area contributed by atoms with Crippen LogP contribution in [0, 0.1) is 0 Å². The molecule has 0 aliphatic rings. The van der Waals surface area contributed by atoms with Gasteiger partial charge in [0.2, 0.25) is 0 Å². The van der Waals surface area contributed by atoms with E-state index in [4.69, 9.17) is 19.3 Å². The maximum Gasteiger partial charge on any atom is 0.0781 e. The van der Waals surface area contributed by atoms with Gasteiger partial charge in [-0.2, -0.15) is 0 Å². The number of aliphatic hydroxyl groups is 1. The molecule has 0 aromatic carbocycles. The molecule has 86 valence electrons. The van der Waals surface area contributed by atoms with Gasteiger partial charge in [0.1, 0.15) is 0 Å². The Morgan fingerprint density at radius 3 is 1.93 bits per heavy atom. The van der Waals surface area contributed by atoms with Crippen LogP contribution >= 0.6 is 0 Å². The Morgan fingerprint density at radius 2 is 1.43 bits per heavy atom. The molecular weight excluding hydrogens is 184 g/mol. The van der Waals surface area contributed by atoms with E-state index in [0.717, 1.165) is 0 Å². The van der Waals surface area contributed by atoms with Gasteiger partial charge in [-0.25, -0.2) is 0 Å². The zero-order valence-electron chi connectivity index (χ0n) is 9.53. The van der Waals surface area contributed by atoms with Crippen LogP contribution in [0.3, 0.4) is 0 Å². The summed E-state index contributed by atoms with van der Waals surface area (Å²) in [5, 5.41) is 8.98. The Kier molecular flexibility index (Phi) is 8.08. The van der Waals surface area contributed by atoms with Crippen LogP contribution in [0.5, 0.6) is 0 Å². The highest BCUT2D eigenvalue weighted by Crippen LogP contribution is 1.98. The first-order valence-corrected chi connectivity index (χ1v) is 4.96. The van der Waals surface area contributed by atoms with Crippen LogP contribution in [-0.4, -0.2) is 50.3 Å². The largest absolute Gasteiger partial charge is 0.391 e. The average Bonchev–Trinajstić information content (AvgIpc) is 2.12. The predicted molar refractivity (Wildman–Crippen MR) is 54.4 cm³/mol. The van der Waals surface area contributed by atoms with Crippen molar-refractivity contribution < 1.29 is 19.3 Å². The molecule has 0 saturated carbocycles. The first kappa shape index (κ1) is 13.8. The van der Waals surface area contributed by atoms with Gasteiger partial charge in [0.25, 0.3) is 0 Å². The molecule has 0 aliphatic heterocycles. The third-order valence-electron chi connectivity index (χ3n) is 1.64. The second-order valence-corrected chi connectivity index (χ2v) is 3.59. The van der Waals surface area contributed by atoms with E-state index in [-0.39, 0.29) is 12.2 Å². The average molecular weight is 206 g/mol. The van der Waals surface area contributed by atoms with E-state index in [1.165, 1.54) is 0 Å². The van der Waals surface area contributed by atoms with Crippen LogP contribution in [0.15, 0.2) is 0 Å². The lowest BCUT2D eigenvalue weighted by Crippen LogP contribution is -2.25. The summed E-state index contributed by atoms with van der Waals surface area (Å²) in [6.07, 6.45) is -0.338. The highest BCUT2D eigenvalue weighted by atomic mass is 16.6. The van der Waals surface area contributed by atoms with Gasteiger partial charge in [-0.15, -0.1) is 0 Å². The topological polar surface area (TPSA) is 47.9 Å². The van der Waals surface area contributed by atoms with Crippen LogP contribution in [0.25, 0.3) is 0 Å². The number of hydrogen-bond acceptors (Lipinski definition) is 4. The van der Waals surface area contributed by atoms with Crippen molar-refractivity contribution in [2.45, 2.75) is 39.1 Å². The molecule has 0 fully saturated rings. The van der Waals surface area contributed by atoms with Gasteiger partial charge in [-0.1, -0.05) is 0 Å². The molecule has 0 unspecified atom stereocenters. The molecule has 0 rings (SSSR count). The summed E-state index contributed by atoms with van der Waals surface area (Å²) >= 11 is 0. The second kappa shape index (κ2) is 8.17.